The normalized spacial score (nSPS) is 17.5. The summed E-state index contributed by atoms with van der Waals surface area (Å²) in [5, 5.41) is 0.204. The van der Waals surface area contributed by atoms with E-state index in [-0.39, 0.29) is 10.7 Å². The fourth-order valence-corrected chi connectivity index (χ4v) is 2.93. The zero-order valence-electron chi connectivity index (χ0n) is 10.4. The van der Waals surface area contributed by atoms with Crippen LogP contribution in [0.2, 0.25) is 0 Å². The Balaban J connectivity index is 1.91. The quantitative estimate of drug-likeness (QED) is 0.764. The van der Waals surface area contributed by atoms with Crippen molar-refractivity contribution in [1.29, 1.82) is 0 Å². The van der Waals surface area contributed by atoms with Gasteiger partial charge in [-0.3, -0.25) is 4.79 Å². The van der Waals surface area contributed by atoms with Crippen LogP contribution in [0.1, 0.15) is 31.2 Å². The second kappa shape index (κ2) is 5.23. The summed E-state index contributed by atoms with van der Waals surface area (Å²) >= 11 is 1.32. The number of hydrogen-bond acceptors (Lipinski definition) is 3. The van der Waals surface area contributed by atoms with Crippen LogP contribution in [-0.4, -0.2) is 17.8 Å². The molecule has 0 unspecified atom stereocenters. The highest BCUT2D eigenvalue weighted by molar-refractivity contribution is 8.13. The third-order valence-corrected chi connectivity index (χ3v) is 4.30. The van der Waals surface area contributed by atoms with Crippen molar-refractivity contribution in [3.63, 3.8) is 0 Å². The number of benzene rings is 1. The zero-order valence-corrected chi connectivity index (χ0v) is 11.2. The van der Waals surface area contributed by atoms with Crippen molar-refractivity contribution in [3.05, 3.63) is 29.8 Å². The van der Waals surface area contributed by atoms with Gasteiger partial charge in [0.2, 0.25) is 0 Å². The topological polar surface area (TPSA) is 26.3 Å². The molecule has 17 heavy (non-hydrogen) atoms. The van der Waals surface area contributed by atoms with Gasteiger partial charge in [0, 0.05) is 18.4 Å². The minimum atomic E-state index is -0.158. The third kappa shape index (κ3) is 3.11. The van der Waals surface area contributed by atoms with Gasteiger partial charge in [-0.1, -0.05) is 29.5 Å². The molecule has 1 aromatic rings. The lowest BCUT2D eigenvalue weighted by molar-refractivity contribution is -0.124. The second-order valence-corrected chi connectivity index (χ2v) is 5.84. The molecule has 0 bridgehead atoms. The van der Waals surface area contributed by atoms with Gasteiger partial charge >= 0.3 is 0 Å². The summed E-state index contributed by atoms with van der Waals surface area (Å²) in [6.07, 6.45) is 3.74. The molecule has 92 valence electrons. The predicted octanol–water partition coefficient (Wildman–Crippen LogP) is 3.57. The molecule has 0 spiro atoms. The fraction of sp³-hybridized carbons (Fsp3) is 0.500. The zero-order chi connectivity index (χ0) is 12.3. The summed E-state index contributed by atoms with van der Waals surface area (Å²) in [5.74, 6) is 0. The lowest BCUT2D eigenvalue weighted by Gasteiger charge is -2.39. The highest BCUT2D eigenvalue weighted by Crippen LogP contribution is 2.39. The molecule has 2 rings (SSSR count). The van der Waals surface area contributed by atoms with Gasteiger partial charge < -0.3 is 4.74 Å². The Bertz CT molecular complexity index is 388. The second-order valence-electron chi connectivity index (χ2n) is 4.70. The summed E-state index contributed by atoms with van der Waals surface area (Å²) in [6, 6.07) is 8.06. The van der Waals surface area contributed by atoms with E-state index in [0.29, 0.717) is 6.42 Å². The van der Waals surface area contributed by atoms with E-state index in [4.69, 9.17) is 4.74 Å². The molecule has 1 saturated carbocycles. The molecule has 3 heteroatoms. The molecular formula is C14H18O2S. The molecule has 0 aromatic heterocycles. The number of aryl methyl sites for hydroxylation is 1. The monoisotopic (exact) mass is 250 g/mol. The van der Waals surface area contributed by atoms with E-state index in [1.54, 1.807) is 7.11 Å². The first kappa shape index (κ1) is 12.7. The van der Waals surface area contributed by atoms with Crippen molar-refractivity contribution < 1.29 is 9.53 Å². The van der Waals surface area contributed by atoms with Gasteiger partial charge in [0.05, 0.1) is 5.60 Å². The van der Waals surface area contributed by atoms with E-state index in [1.165, 1.54) is 23.7 Å². The largest absolute Gasteiger partial charge is 0.378 e. The number of ether oxygens (including phenoxy) is 1. The van der Waals surface area contributed by atoms with Crippen LogP contribution in [0.25, 0.3) is 0 Å². The van der Waals surface area contributed by atoms with Crippen molar-refractivity contribution in [2.75, 3.05) is 7.11 Å². The minimum Gasteiger partial charge on any atom is -0.378 e. The van der Waals surface area contributed by atoms with Crippen LogP contribution in [0.3, 0.4) is 0 Å². The van der Waals surface area contributed by atoms with Crippen LogP contribution in [0.15, 0.2) is 29.2 Å². The van der Waals surface area contributed by atoms with E-state index in [0.717, 1.165) is 17.7 Å². The van der Waals surface area contributed by atoms with Gasteiger partial charge in [-0.2, -0.15) is 0 Å². The molecule has 1 fully saturated rings. The van der Waals surface area contributed by atoms with Crippen molar-refractivity contribution in [2.24, 2.45) is 0 Å². The Morgan fingerprint density at radius 3 is 2.47 bits per heavy atom. The highest BCUT2D eigenvalue weighted by atomic mass is 32.2. The van der Waals surface area contributed by atoms with E-state index in [1.807, 2.05) is 31.2 Å². The summed E-state index contributed by atoms with van der Waals surface area (Å²) in [5.41, 5.74) is 1.06. The Morgan fingerprint density at radius 2 is 2.00 bits per heavy atom. The molecule has 0 saturated heterocycles. The SMILES string of the molecule is COC1(CC(=O)Sc2ccc(C)cc2)CCC1. The number of rotatable bonds is 4. The van der Waals surface area contributed by atoms with Crippen molar-refractivity contribution in [1.82, 2.24) is 0 Å². The Morgan fingerprint density at radius 1 is 1.35 bits per heavy atom. The van der Waals surface area contributed by atoms with Crippen LogP contribution in [0.4, 0.5) is 0 Å². The van der Waals surface area contributed by atoms with Crippen LogP contribution >= 0.6 is 11.8 Å². The molecule has 2 nitrogen and oxygen atoms in total. The first-order valence-electron chi connectivity index (χ1n) is 5.96. The molecule has 0 aliphatic heterocycles. The standard InChI is InChI=1S/C14H18O2S/c1-11-4-6-12(7-5-11)17-13(15)10-14(16-2)8-3-9-14/h4-7H,3,8-10H2,1-2H3. The Kier molecular flexibility index (Phi) is 3.89. The number of carbonyl (C=O) groups excluding carboxylic acids is 1. The van der Waals surface area contributed by atoms with Crippen LogP contribution in [0.5, 0.6) is 0 Å². The maximum Gasteiger partial charge on any atom is 0.196 e. The van der Waals surface area contributed by atoms with E-state index >= 15 is 0 Å². The van der Waals surface area contributed by atoms with Gasteiger partial charge in [-0.25, -0.2) is 0 Å². The molecule has 1 aliphatic carbocycles. The summed E-state index contributed by atoms with van der Waals surface area (Å²) in [6.45, 7) is 2.05. The molecule has 1 aliphatic rings. The average molecular weight is 250 g/mol. The van der Waals surface area contributed by atoms with E-state index in [2.05, 4.69) is 0 Å². The predicted molar refractivity (Wildman–Crippen MR) is 70.3 cm³/mol. The van der Waals surface area contributed by atoms with E-state index in [9.17, 15) is 4.79 Å². The molecule has 0 atom stereocenters. The summed E-state index contributed by atoms with van der Waals surface area (Å²) < 4.78 is 5.47. The minimum absolute atomic E-state index is 0.158. The van der Waals surface area contributed by atoms with Crippen molar-refractivity contribution >= 4 is 16.9 Å². The number of thioether (sulfide) groups is 1. The first-order chi connectivity index (χ1) is 8.13. The molecule has 0 radical (unpaired) electrons. The van der Waals surface area contributed by atoms with E-state index < -0.39 is 0 Å². The first-order valence-corrected chi connectivity index (χ1v) is 6.78. The van der Waals surface area contributed by atoms with Crippen LogP contribution < -0.4 is 0 Å². The molecule has 0 N–H and O–H groups in total. The van der Waals surface area contributed by atoms with Gasteiger partial charge in [0.25, 0.3) is 0 Å². The number of hydrogen-bond donors (Lipinski definition) is 0. The lowest BCUT2D eigenvalue weighted by Crippen LogP contribution is -2.40. The fourth-order valence-electron chi connectivity index (χ4n) is 2.06. The van der Waals surface area contributed by atoms with Crippen molar-refractivity contribution in [2.45, 2.75) is 43.1 Å². The van der Waals surface area contributed by atoms with Gasteiger partial charge in [-0.05, 0) is 38.3 Å². The highest BCUT2D eigenvalue weighted by Gasteiger charge is 2.38. The van der Waals surface area contributed by atoms with Gasteiger partial charge in [-0.15, -0.1) is 0 Å². The smallest absolute Gasteiger partial charge is 0.196 e. The summed E-state index contributed by atoms with van der Waals surface area (Å²) in [7, 11) is 1.71. The molecule has 0 amide bonds. The number of methoxy groups -OCH3 is 1. The van der Waals surface area contributed by atoms with Crippen LogP contribution in [-0.2, 0) is 9.53 Å². The maximum atomic E-state index is 11.9. The maximum absolute atomic E-state index is 11.9. The molecular weight excluding hydrogens is 232 g/mol. The lowest BCUT2D eigenvalue weighted by atomic mass is 9.78. The number of carbonyl (C=O) groups is 1. The third-order valence-electron chi connectivity index (χ3n) is 3.42. The van der Waals surface area contributed by atoms with Gasteiger partial charge in [0.1, 0.15) is 0 Å². The van der Waals surface area contributed by atoms with Crippen molar-refractivity contribution in [3.8, 4) is 0 Å². The molecule has 0 heterocycles. The van der Waals surface area contributed by atoms with Gasteiger partial charge in [0.15, 0.2) is 5.12 Å². The average Bonchev–Trinajstić information content (AvgIpc) is 2.27. The Hall–Kier alpha value is -0.800. The molecule has 1 aromatic carbocycles. The summed E-state index contributed by atoms with van der Waals surface area (Å²) in [4.78, 5) is 13.0. The van der Waals surface area contributed by atoms with Crippen LogP contribution in [0, 0.1) is 6.92 Å². The Labute approximate surface area is 107 Å².